The average Bonchev–Trinajstić information content (AvgIpc) is 2.48. The number of hydrogen-bond acceptors (Lipinski definition) is 4. The van der Waals surface area contributed by atoms with Gasteiger partial charge in [-0.05, 0) is 29.8 Å². The van der Waals surface area contributed by atoms with E-state index in [9.17, 15) is 26.4 Å². The molecule has 0 aliphatic carbocycles. The van der Waals surface area contributed by atoms with Crippen molar-refractivity contribution in [3.63, 3.8) is 0 Å². The van der Waals surface area contributed by atoms with Crippen LogP contribution in [0.1, 0.15) is 21.5 Å². The summed E-state index contributed by atoms with van der Waals surface area (Å²) >= 11 is 5.86. The van der Waals surface area contributed by atoms with Crippen LogP contribution in [-0.4, -0.2) is 25.1 Å². The lowest BCUT2D eigenvalue weighted by Gasteiger charge is -2.15. The van der Waals surface area contributed by atoms with Crippen LogP contribution < -0.4 is 11.2 Å². The summed E-state index contributed by atoms with van der Waals surface area (Å²) in [6.45, 7) is -0.425. The summed E-state index contributed by atoms with van der Waals surface area (Å²) < 4.78 is 63.8. The van der Waals surface area contributed by atoms with Gasteiger partial charge in [-0.3, -0.25) is 10.2 Å². The van der Waals surface area contributed by atoms with Crippen LogP contribution in [0.3, 0.4) is 0 Å². The Hall–Kier alpha value is -2.04. The number of aromatic nitrogens is 1. The molecule has 1 heterocycles. The van der Waals surface area contributed by atoms with Crippen molar-refractivity contribution < 1.29 is 26.4 Å². The number of carbonyl (C=O) groups is 1. The lowest BCUT2D eigenvalue weighted by Crippen LogP contribution is -2.30. The molecule has 12 heteroatoms. The smallest absolute Gasteiger partial charge is 0.365 e. The quantitative estimate of drug-likeness (QED) is 0.757. The Morgan fingerprint density at radius 1 is 1.30 bits per heavy atom. The van der Waals surface area contributed by atoms with Crippen molar-refractivity contribution in [3.05, 3.63) is 57.7 Å². The van der Waals surface area contributed by atoms with E-state index >= 15 is 0 Å². The van der Waals surface area contributed by atoms with Crippen LogP contribution in [0.5, 0.6) is 0 Å². The van der Waals surface area contributed by atoms with Crippen LogP contribution in [0.25, 0.3) is 0 Å². The highest BCUT2D eigenvalue weighted by molar-refractivity contribution is 7.90. The first kappa shape index (κ1) is 23.0. The number of rotatable bonds is 4. The van der Waals surface area contributed by atoms with Crippen molar-refractivity contribution in [2.45, 2.75) is 17.6 Å². The summed E-state index contributed by atoms with van der Waals surface area (Å²) in [5, 5.41) is 7.97. The van der Waals surface area contributed by atoms with Gasteiger partial charge in [0, 0.05) is 12.5 Å². The van der Waals surface area contributed by atoms with Gasteiger partial charge in [-0.2, -0.15) is 13.2 Å². The van der Waals surface area contributed by atoms with E-state index in [2.05, 4.69) is 0 Å². The molecule has 0 fully saturated rings. The molecule has 27 heavy (non-hydrogen) atoms. The number of nitrogens with zero attached hydrogens (tertiary/aromatic N) is 1. The van der Waals surface area contributed by atoms with Gasteiger partial charge in [0.1, 0.15) is 5.49 Å². The second kappa shape index (κ2) is 7.91. The van der Waals surface area contributed by atoms with E-state index in [0.717, 1.165) is 23.0 Å². The Kier molecular flexibility index (Phi) is 6.74. The molecular weight excluding hydrogens is 430 g/mol. The number of benzene rings is 1. The van der Waals surface area contributed by atoms with Crippen LogP contribution in [0.15, 0.2) is 35.4 Å². The summed E-state index contributed by atoms with van der Waals surface area (Å²) in [7, 11) is -3.83. The molecule has 0 spiro atoms. The highest BCUT2D eigenvalue weighted by Gasteiger charge is 2.31. The van der Waals surface area contributed by atoms with Gasteiger partial charge in [0.15, 0.2) is 9.84 Å². The van der Waals surface area contributed by atoms with Crippen LogP contribution >= 0.6 is 24.0 Å². The first-order valence-electron chi connectivity index (χ1n) is 6.95. The molecule has 0 bridgehead atoms. The Bertz CT molecular complexity index is 1050. The van der Waals surface area contributed by atoms with Gasteiger partial charge in [-0.1, -0.05) is 11.6 Å². The minimum absolute atomic E-state index is 0. The lowest BCUT2D eigenvalue weighted by atomic mass is 10.1. The number of nitrogens with two attached hydrogens (primary N) is 1. The summed E-state index contributed by atoms with van der Waals surface area (Å²) in [6, 6.07) is 3.36. The third-order valence-corrected chi connectivity index (χ3v) is 4.90. The van der Waals surface area contributed by atoms with Crippen molar-refractivity contribution >= 4 is 39.8 Å². The second-order valence-electron chi connectivity index (χ2n) is 5.51. The molecule has 0 aliphatic heterocycles. The molecular formula is C15H14Cl2F3N3O3S. The number of halogens is 5. The number of alkyl halides is 3. The zero-order valence-electron chi connectivity index (χ0n) is 13.7. The van der Waals surface area contributed by atoms with Gasteiger partial charge in [-0.15, -0.1) is 12.4 Å². The lowest BCUT2D eigenvalue weighted by molar-refractivity contribution is -0.137. The molecule has 0 radical (unpaired) electrons. The van der Waals surface area contributed by atoms with Crippen molar-refractivity contribution in [1.29, 1.82) is 5.41 Å². The number of amides is 1. The summed E-state index contributed by atoms with van der Waals surface area (Å²) in [4.78, 5) is 11.1. The molecule has 3 N–H and O–H groups in total. The third kappa shape index (κ3) is 5.24. The monoisotopic (exact) mass is 443 g/mol. The Labute approximate surface area is 163 Å². The van der Waals surface area contributed by atoms with Crippen LogP contribution in [0.4, 0.5) is 13.2 Å². The number of hydrogen-bond donors (Lipinski definition) is 2. The van der Waals surface area contributed by atoms with E-state index in [1.54, 1.807) is 0 Å². The van der Waals surface area contributed by atoms with E-state index in [0.29, 0.717) is 12.1 Å². The summed E-state index contributed by atoms with van der Waals surface area (Å²) in [6.07, 6.45) is -2.62. The highest BCUT2D eigenvalue weighted by atomic mass is 35.5. The number of primary amides is 1. The highest BCUT2D eigenvalue weighted by Crippen LogP contribution is 2.32. The molecule has 0 saturated heterocycles. The van der Waals surface area contributed by atoms with Crippen LogP contribution in [0.2, 0.25) is 5.02 Å². The third-order valence-electron chi connectivity index (χ3n) is 3.50. The second-order valence-corrected chi connectivity index (χ2v) is 7.93. The van der Waals surface area contributed by atoms with Crippen LogP contribution in [-0.2, 0) is 22.6 Å². The van der Waals surface area contributed by atoms with E-state index in [1.807, 2.05) is 0 Å². The molecule has 0 unspecified atom stereocenters. The van der Waals surface area contributed by atoms with Crippen LogP contribution in [0, 0.1) is 5.41 Å². The van der Waals surface area contributed by atoms with Gasteiger partial charge in [0.2, 0.25) is 0 Å². The maximum Gasteiger partial charge on any atom is 0.416 e. The zero-order valence-corrected chi connectivity index (χ0v) is 16.1. The van der Waals surface area contributed by atoms with E-state index in [-0.39, 0.29) is 33.5 Å². The number of pyridine rings is 1. The fourth-order valence-corrected chi connectivity index (χ4v) is 3.49. The molecule has 0 atom stereocenters. The average molecular weight is 444 g/mol. The normalized spacial score (nSPS) is 11.7. The predicted molar refractivity (Wildman–Crippen MR) is 94.7 cm³/mol. The molecule has 2 aromatic rings. The number of nitrogens with one attached hydrogen (secondary N) is 1. The standard InChI is InChI=1S/C15H13ClF3N3O3S.ClH/c1-26(24,25)12-3-2-9(15(17,18)19)4-8(12)6-22-7-10(16)5-11(13(22)20)14(21)23;/h2-5,7,20H,6H2,1H3,(H2,21,23);1H. The van der Waals surface area contributed by atoms with Gasteiger partial charge in [0.05, 0.1) is 27.6 Å². The first-order chi connectivity index (χ1) is 11.8. The zero-order chi connectivity index (χ0) is 19.9. The predicted octanol–water partition coefficient (Wildman–Crippen LogP) is 2.61. The van der Waals surface area contributed by atoms with E-state index in [4.69, 9.17) is 22.7 Å². The van der Waals surface area contributed by atoms with Gasteiger partial charge < -0.3 is 10.3 Å². The minimum atomic E-state index is -4.67. The molecule has 148 valence electrons. The number of sulfone groups is 1. The van der Waals surface area contributed by atoms with Gasteiger partial charge in [0.25, 0.3) is 5.91 Å². The first-order valence-corrected chi connectivity index (χ1v) is 9.22. The van der Waals surface area contributed by atoms with Crippen molar-refractivity contribution in [1.82, 2.24) is 4.57 Å². The van der Waals surface area contributed by atoms with Gasteiger partial charge in [-0.25, -0.2) is 8.42 Å². The minimum Gasteiger partial charge on any atom is -0.365 e. The maximum absolute atomic E-state index is 13.0. The number of carbonyl (C=O) groups excluding carboxylic acids is 1. The molecule has 0 aliphatic rings. The van der Waals surface area contributed by atoms with Gasteiger partial charge >= 0.3 is 6.18 Å². The Morgan fingerprint density at radius 3 is 2.37 bits per heavy atom. The summed E-state index contributed by atoms with van der Waals surface area (Å²) in [5.74, 6) is -0.946. The fourth-order valence-electron chi connectivity index (χ4n) is 2.35. The van der Waals surface area contributed by atoms with Crippen molar-refractivity contribution in [3.8, 4) is 0 Å². The Balaban J connectivity index is 0.00000364. The summed E-state index contributed by atoms with van der Waals surface area (Å²) in [5.41, 5.74) is 3.27. The molecule has 6 nitrogen and oxygen atoms in total. The fraction of sp³-hybridized carbons (Fsp3) is 0.200. The molecule has 1 aromatic heterocycles. The van der Waals surface area contributed by atoms with E-state index < -0.39 is 39.5 Å². The van der Waals surface area contributed by atoms with Crippen molar-refractivity contribution in [2.75, 3.05) is 6.26 Å². The topological polar surface area (TPSA) is 106 Å². The maximum atomic E-state index is 13.0. The molecule has 1 amide bonds. The molecule has 2 rings (SSSR count). The molecule has 0 saturated carbocycles. The van der Waals surface area contributed by atoms with E-state index in [1.165, 1.54) is 6.20 Å². The van der Waals surface area contributed by atoms with Crippen molar-refractivity contribution in [2.24, 2.45) is 5.73 Å². The Morgan fingerprint density at radius 2 is 1.89 bits per heavy atom. The molecule has 1 aromatic carbocycles. The largest absolute Gasteiger partial charge is 0.416 e. The SMILES string of the molecule is CS(=O)(=O)c1ccc(C(F)(F)F)cc1Cn1cc(Cl)cc(C(N)=O)c1=N.Cl.